The van der Waals surface area contributed by atoms with Gasteiger partial charge in [-0.15, -0.1) is 5.10 Å². The number of hydrogen-bond donors (Lipinski definition) is 1. The van der Waals surface area contributed by atoms with Gasteiger partial charge < -0.3 is 5.32 Å². The molecule has 0 amide bonds. The van der Waals surface area contributed by atoms with Crippen LogP contribution in [0.25, 0.3) is 0 Å². The van der Waals surface area contributed by atoms with Gasteiger partial charge in [0.1, 0.15) is 12.4 Å². The molecule has 68 valence electrons. The first-order valence-corrected chi connectivity index (χ1v) is 3.87. The Bertz CT molecular complexity index is 333. The predicted octanol–water partition coefficient (Wildman–Crippen LogP) is -0.0746. The van der Waals surface area contributed by atoms with Gasteiger partial charge in [-0.2, -0.15) is 5.26 Å². The molecular weight excluding hydrogens is 166 g/mol. The van der Waals surface area contributed by atoms with E-state index in [9.17, 15) is 0 Å². The van der Waals surface area contributed by atoms with E-state index in [-0.39, 0.29) is 5.82 Å². The van der Waals surface area contributed by atoms with E-state index < -0.39 is 0 Å². The molecule has 1 aromatic heterocycles. The molecule has 0 aliphatic heterocycles. The molecule has 0 bridgehead atoms. The number of nitriles is 1. The lowest BCUT2D eigenvalue weighted by Crippen LogP contribution is -2.14. The topological polar surface area (TPSA) is 66.5 Å². The Morgan fingerprint density at radius 1 is 1.85 bits per heavy atom. The quantitative estimate of drug-likeness (QED) is 0.653. The minimum absolute atomic E-state index is 0.192. The summed E-state index contributed by atoms with van der Waals surface area (Å²) >= 11 is 0. The van der Waals surface area contributed by atoms with Crippen molar-refractivity contribution in [1.82, 2.24) is 20.1 Å². The highest BCUT2D eigenvalue weighted by atomic mass is 15.3. The maximum absolute atomic E-state index is 8.47. The van der Waals surface area contributed by atoms with Crippen LogP contribution < -0.4 is 5.32 Å². The van der Waals surface area contributed by atoms with Gasteiger partial charge in [-0.3, -0.25) is 0 Å². The van der Waals surface area contributed by atoms with Crippen LogP contribution in [0.4, 0.5) is 0 Å². The monoisotopic (exact) mass is 177 g/mol. The van der Waals surface area contributed by atoms with E-state index in [1.54, 1.807) is 4.68 Å². The SMILES string of the molecule is C=C(CNC)Cn1cnc(C#N)n1. The number of likely N-dealkylation sites (N-methyl/N-ethyl adjacent to an activating group) is 1. The summed E-state index contributed by atoms with van der Waals surface area (Å²) < 4.78 is 1.60. The molecular formula is C8H11N5. The van der Waals surface area contributed by atoms with Crippen molar-refractivity contribution in [2.75, 3.05) is 13.6 Å². The zero-order valence-electron chi connectivity index (χ0n) is 7.49. The standard InChI is InChI=1S/C8H11N5/c1-7(4-10-2)5-13-6-11-8(3-9)12-13/h6,10H,1,4-5H2,2H3. The lowest BCUT2D eigenvalue weighted by atomic mass is 10.3. The highest BCUT2D eigenvalue weighted by molar-refractivity contribution is 5.06. The number of aromatic nitrogens is 3. The first-order chi connectivity index (χ1) is 6.26. The molecule has 0 aliphatic rings. The molecule has 0 unspecified atom stereocenters. The summed E-state index contributed by atoms with van der Waals surface area (Å²) in [5, 5.41) is 15.4. The van der Waals surface area contributed by atoms with E-state index in [0.29, 0.717) is 6.54 Å². The molecule has 5 heteroatoms. The minimum Gasteiger partial charge on any atom is -0.316 e. The van der Waals surface area contributed by atoms with Gasteiger partial charge in [0.15, 0.2) is 0 Å². The Labute approximate surface area is 76.7 Å². The molecule has 0 aliphatic carbocycles. The molecule has 1 N–H and O–H groups in total. The van der Waals surface area contributed by atoms with Gasteiger partial charge in [0.2, 0.25) is 0 Å². The van der Waals surface area contributed by atoms with Crippen molar-refractivity contribution in [3.05, 3.63) is 24.3 Å². The van der Waals surface area contributed by atoms with Crippen molar-refractivity contribution in [1.29, 1.82) is 5.26 Å². The second-order valence-electron chi connectivity index (χ2n) is 2.66. The molecule has 1 aromatic rings. The number of nitrogens with one attached hydrogen (secondary N) is 1. The molecule has 0 fully saturated rings. The molecule has 0 saturated heterocycles. The predicted molar refractivity (Wildman–Crippen MR) is 47.8 cm³/mol. The largest absolute Gasteiger partial charge is 0.316 e. The van der Waals surface area contributed by atoms with Crippen molar-refractivity contribution in [3.8, 4) is 6.07 Å². The number of nitrogens with zero attached hydrogens (tertiary/aromatic N) is 4. The van der Waals surface area contributed by atoms with Crippen molar-refractivity contribution in [2.24, 2.45) is 0 Å². The fraction of sp³-hybridized carbons (Fsp3) is 0.375. The van der Waals surface area contributed by atoms with Crippen LogP contribution in [0.5, 0.6) is 0 Å². The Morgan fingerprint density at radius 3 is 3.15 bits per heavy atom. The Kier molecular flexibility index (Phi) is 3.17. The van der Waals surface area contributed by atoms with Crippen LogP contribution in [0, 0.1) is 11.3 Å². The number of rotatable bonds is 4. The van der Waals surface area contributed by atoms with Crippen LogP contribution >= 0.6 is 0 Å². The van der Waals surface area contributed by atoms with Crippen molar-refractivity contribution in [3.63, 3.8) is 0 Å². The van der Waals surface area contributed by atoms with Gasteiger partial charge in [0, 0.05) is 6.54 Å². The molecule has 0 spiro atoms. The van der Waals surface area contributed by atoms with E-state index in [2.05, 4.69) is 22.0 Å². The van der Waals surface area contributed by atoms with E-state index >= 15 is 0 Å². The van der Waals surface area contributed by atoms with Crippen LogP contribution in [-0.4, -0.2) is 28.4 Å². The maximum Gasteiger partial charge on any atom is 0.252 e. The van der Waals surface area contributed by atoms with Crippen LogP contribution in [-0.2, 0) is 6.54 Å². The summed E-state index contributed by atoms with van der Waals surface area (Å²) in [6.45, 7) is 5.17. The molecule has 13 heavy (non-hydrogen) atoms. The third-order valence-electron chi connectivity index (χ3n) is 1.45. The van der Waals surface area contributed by atoms with Crippen molar-refractivity contribution >= 4 is 0 Å². The summed E-state index contributed by atoms with van der Waals surface area (Å²) in [7, 11) is 1.85. The molecule has 1 rings (SSSR count). The van der Waals surface area contributed by atoms with E-state index in [4.69, 9.17) is 5.26 Å². The Hall–Kier alpha value is -1.67. The average molecular weight is 177 g/mol. The van der Waals surface area contributed by atoms with Crippen LogP contribution in [0.15, 0.2) is 18.5 Å². The van der Waals surface area contributed by atoms with E-state index in [1.807, 2.05) is 13.1 Å². The second kappa shape index (κ2) is 4.38. The molecule has 1 heterocycles. The Morgan fingerprint density at radius 2 is 2.62 bits per heavy atom. The zero-order chi connectivity index (χ0) is 9.68. The molecule has 0 saturated carbocycles. The summed E-state index contributed by atoms with van der Waals surface area (Å²) in [6.07, 6.45) is 1.53. The third kappa shape index (κ3) is 2.69. The average Bonchev–Trinajstić information content (AvgIpc) is 2.52. The smallest absolute Gasteiger partial charge is 0.252 e. The molecule has 0 atom stereocenters. The summed E-state index contributed by atoms with van der Waals surface area (Å²) in [5.74, 6) is 0.192. The van der Waals surface area contributed by atoms with Gasteiger partial charge in [-0.05, 0) is 12.6 Å². The number of hydrogen-bond acceptors (Lipinski definition) is 4. The highest BCUT2D eigenvalue weighted by Crippen LogP contribution is 1.94. The molecule has 5 nitrogen and oxygen atoms in total. The third-order valence-corrected chi connectivity index (χ3v) is 1.45. The fourth-order valence-corrected chi connectivity index (χ4v) is 0.957. The van der Waals surface area contributed by atoms with Gasteiger partial charge >= 0.3 is 0 Å². The summed E-state index contributed by atoms with van der Waals surface area (Å²) in [5.41, 5.74) is 0.997. The van der Waals surface area contributed by atoms with Crippen molar-refractivity contribution < 1.29 is 0 Å². The van der Waals surface area contributed by atoms with E-state index in [0.717, 1.165) is 12.1 Å². The molecule has 0 aromatic carbocycles. The van der Waals surface area contributed by atoms with Crippen molar-refractivity contribution in [2.45, 2.75) is 6.54 Å². The maximum atomic E-state index is 8.47. The lowest BCUT2D eigenvalue weighted by Gasteiger charge is -2.03. The second-order valence-corrected chi connectivity index (χ2v) is 2.66. The van der Waals surface area contributed by atoms with Gasteiger partial charge in [0.05, 0.1) is 6.54 Å². The highest BCUT2D eigenvalue weighted by Gasteiger charge is 1.99. The minimum atomic E-state index is 0.192. The van der Waals surface area contributed by atoms with Crippen LogP contribution in [0.3, 0.4) is 0 Å². The summed E-state index contributed by atoms with van der Waals surface area (Å²) in [4.78, 5) is 3.78. The van der Waals surface area contributed by atoms with Gasteiger partial charge in [-0.25, -0.2) is 9.67 Å². The first-order valence-electron chi connectivity index (χ1n) is 3.87. The molecule has 0 radical (unpaired) electrons. The van der Waals surface area contributed by atoms with Crippen LogP contribution in [0.2, 0.25) is 0 Å². The summed E-state index contributed by atoms with van der Waals surface area (Å²) in [6, 6.07) is 1.86. The van der Waals surface area contributed by atoms with Crippen LogP contribution in [0.1, 0.15) is 5.82 Å². The lowest BCUT2D eigenvalue weighted by molar-refractivity contribution is 0.653. The van der Waals surface area contributed by atoms with E-state index in [1.165, 1.54) is 6.33 Å². The Balaban J connectivity index is 2.55. The van der Waals surface area contributed by atoms with Gasteiger partial charge in [-0.1, -0.05) is 6.58 Å². The fourth-order valence-electron chi connectivity index (χ4n) is 0.957. The zero-order valence-corrected chi connectivity index (χ0v) is 7.49. The normalized spacial score (nSPS) is 9.54. The van der Waals surface area contributed by atoms with Gasteiger partial charge in [0.25, 0.3) is 5.82 Å². The first kappa shape index (κ1) is 9.42.